The van der Waals surface area contributed by atoms with Crippen LogP contribution in [0.15, 0.2) is 110 Å². The number of furan rings is 1. The number of sulfone groups is 1. The highest BCUT2D eigenvalue weighted by atomic mass is 35.5. The molecule has 0 saturated heterocycles. The summed E-state index contributed by atoms with van der Waals surface area (Å²) in [5.41, 5.74) is 0.807. The van der Waals surface area contributed by atoms with Crippen LogP contribution in [0.2, 0.25) is 5.02 Å². The van der Waals surface area contributed by atoms with Gasteiger partial charge in [-0.05, 0) is 72.8 Å². The maximum atomic E-state index is 12.9. The zero-order valence-corrected chi connectivity index (χ0v) is 20.6. The Hall–Kier alpha value is -3.60. The number of rotatable bonds is 7. The second-order valence-corrected chi connectivity index (χ2v) is 11.6. The zero-order chi connectivity index (χ0) is 25.2. The van der Waals surface area contributed by atoms with Crippen molar-refractivity contribution in [1.29, 1.82) is 0 Å². The highest BCUT2D eigenvalue weighted by molar-refractivity contribution is 7.92. The fourth-order valence-corrected chi connectivity index (χ4v) is 5.65. The van der Waals surface area contributed by atoms with E-state index in [0.29, 0.717) is 16.4 Å². The molecule has 0 fully saturated rings. The Labute approximate surface area is 207 Å². The molecule has 1 N–H and O–H groups in total. The summed E-state index contributed by atoms with van der Waals surface area (Å²) in [6, 6.07) is 22.2. The lowest BCUT2D eigenvalue weighted by molar-refractivity contribution is 0.0991. The number of nitrogens with zero attached hydrogens (tertiary/aromatic N) is 1. The van der Waals surface area contributed by atoms with Gasteiger partial charge in [-0.25, -0.2) is 16.8 Å². The third-order valence-corrected chi connectivity index (χ3v) is 8.78. The van der Waals surface area contributed by atoms with Crippen LogP contribution in [0.5, 0.6) is 0 Å². The summed E-state index contributed by atoms with van der Waals surface area (Å²) in [5.74, 6) is -0.919. The van der Waals surface area contributed by atoms with Crippen LogP contribution in [-0.2, 0) is 19.9 Å². The highest BCUT2D eigenvalue weighted by Gasteiger charge is 2.24. The summed E-state index contributed by atoms with van der Waals surface area (Å²) in [7, 11) is -6.32. The van der Waals surface area contributed by atoms with Gasteiger partial charge in [0.05, 0.1) is 15.5 Å². The van der Waals surface area contributed by atoms with E-state index in [4.69, 9.17) is 16.0 Å². The molecule has 4 aromatic rings. The van der Waals surface area contributed by atoms with E-state index in [1.807, 2.05) is 0 Å². The van der Waals surface area contributed by atoms with Gasteiger partial charge in [0.1, 0.15) is 0 Å². The first kappa shape index (κ1) is 24.5. The molecule has 0 saturated carbocycles. The van der Waals surface area contributed by atoms with Crippen LogP contribution >= 0.6 is 11.6 Å². The van der Waals surface area contributed by atoms with E-state index in [9.17, 15) is 21.6 Å². The van der Waals surface area contributed by atoms with Gasteiger partial charge in [-0.15, -0.1) is 0 Å². The number of benzene rings is 3. The number of anilines is 2. The number of sulfonamides is 1. The Morgan fingerprint density at radius 3 is 2.03 bits per heavy atom. The summed E-state index contributed by atoms with van der Waals surface area (Å²) in [6.45, 7) is 0. The normalized spacial score (nSPS) is 11.7. The first-order chi connectivity index (χ1) is 16.6. The van der Waals surface area contributed by atoms with Gasteiger partial charge in [0.2, 0.25) is 14.9 Å². The average Bonchev–Trinajstić information content (AvgIpc) is 3.36. The third kappa shape index (κ3) is 5.09. The van der Waals surface area contributed by atoms with Crippen molar-refractivity contribution in [3.8, 4) is 0 Å². The molecule has 0 spiro atoms. The van der Waals surface area contributed by atoms with E-state index < -0.39 is 30.9 Å². The number of para-hydroxylation sites is 1. The van der Waals surface area contributed by atoms with Crippen LogP contribution in [0.4, 0.5) is 11.4 Å². The van der Waals surface area contributed by atoms with Gasteiger partial charge in [-0.2, -0.15) is 0 Å². The summed E-state index contributed by atoms with van der Waals surface area (Å²) in [6.07, 6.45) is 0. The number of carbonyl (C=O) groups excluding carboxylic acids is 1. The van der Waals surface area contributed by atoms with Crippen LogP contribution in [0.3, 0.4) is 0 Å². The second-order valence-electron chi connectivity index (χ2n) is 7.36. The molecular formula is C24H19ClN2O6S2. The van der Waals surface area contributed by atoms with Gasteiger partial charge in [0.25, 0.3) is 15.9 Å². The number of hydrogen-bond donors (Lipinski definition) is 1. The number of nitrogens with one attached hydrogen (secondary N) is 1. The molecule has 0 unspecified atom stereocenters. The molecule has 1 amide bonds. The van der Waals surface area contributed by atoms with Crippen LogP contribution in [0.1, 0.15) is 10.6 Å². The molecule has 1 aromatic heterocycles. The average molecular weight is 531 g/mol. The lowest BCUT2D eigenvalue weighted by atomic mass is 10.3. The van der Waals surface area contributed by atoms with Crippen molar-refractivity contribution in [3.63, 3.8) is 0 Å². The fourth-order valence-electron chi connectivity index (χ4n) is 3.15. The summed E-state index contributed by atoms with van der Waals surface area (Å²) < 4.78 is 57.6. The van der Waals surface area contributed by atoms with Gasteiger partial charge in [-0.1, -0.05) is 29.8 Å². The number of carbonyl (C=O) groups is 1. The summed E-state index contributed by atoms with van der Waals surface area (Å²) in [4.78, 5) is 12.6. The molecule has 3 aromatic carbocycles. The Morgan fingerprint density at radius 1 is 0.800 bits per heavy atom. The number of hydrogen-bond acceptors (Lipinski definition) is 6. The van der Waals surface area contributed by atoms with Gasteiger partial charge in [0, 0.05) is 17.8 Å². The molecule has 1 heterocycles. The molecule has 8 nitrogen and oxygen atoms in total. The molecule has 0 radical (unpaired) electrons. The van der Waals surface area contributed by atoms with Crippen molar-refractivity contribution < 1.29 is 26.0 Å². The number of halogens is 1. The molecule has 0 bridgehead atoms. The lowest BCUT2D eigenvalue weighted by Crippen LogP contribution is -2.26. The minimum Gasteiger partial charge on any atom is -0.439 e. The molecule has 35 heavy (non-hydrogen) atoms. The van der Waals surface area contributed by atoms with Crippen molar-refractivity contribution in [2.75, 3.05) is 16.7 Å². The standard InChI is InChI=1S/C24H19ClN2O6S2/c1-27(19-5-3-2-4-6-19)35(31,32)21-13-9-18(10-14-21)26-24(28)22-15-16-23(33-22)34(29,30)20-11-7-17(25)8-12-20/h2-16H,1H3,(H,26,28). The number of amides is 1. The Balaban J connectivity index is 1.49. The first-order valence-electron chi connectivity index (χ1n) is 10.1. The second kappa shape index (κ2) is 9.57. The van der Waals surface area contributed by atoms with Crippen molar-refractivity contribution in [3.05, 3.63) is 102 Å². The quantitative estimate of drug-likeness (QED) is 0.365. The smallest absolute Gasteiger partial charge is 0.291 e. The third-order valence-electron chi connectivity index (χ3n) is 5.08. The minimum atomic E-state index is -3.97. The van der Waals surface area contributed by atoms with E-state index in [1.165, 1.54) is 67.7 Å². The largest absolute Gasteiger partial charge is 0.439 e. The molecule has 0 aliphatic rings. The zero-order valence-electron chi connectivity index (χ0n) is 18.3. The predicted octanol–water partition coefficient (Wildman–Crippen LogP) is 4.84. The maximum Gasteiger partial charge on any atom is 0.291 e. The van der Waals surface area contributed by atoms with E-state index in [2.05, 4.69) is 5.32 Å². The molecule has 180 valence electrons. The minimum absolute atomic E-state index is 0.0273. The molecule has 11 heteroatoms. The van der Waals surface area contributed by atoms with Crippen molar-refractivity contribution in [1.82, 2.24) is 0 Å². The summed E-state index contributed by atoms with van der Waals surface area (Å²) >= 11 is 5.80. The van der Waals surface area contributed by atoms with Crippen LogP contribution < -0.4 is 9.62 Å². The van der Waals surface area contributed by atoms with Crippen LogP contribution in [-0.4, -0.2) is 29.8 Å². The van der Waals surface area contributed by atoms with Crippen molar-refractivity contribution in [2.45, 2.75) is 14.9 Å². The van der Waals surface area contributed by atoms with Gasteiger partial charge in [0.15, 0.2) is 5.76 Å². The highest BCUT2D eigenvalue weighted by Crippen LogP contribution is 2.26. The molecule has 0 aliphatic carbocycles. The van der Waals surface area contributed by atoms with E-state index >= 15 is 0 Å². The molecule has 0 atom stereocenters. The van der Waals surface area contributed by atoms with Crippen LogP contribution in [0.25, 0.3) is 0 Å². The summed E-state index contributed by atoms with van der Waals surface area (Å²) in [5, 5.41) is 2.55. The van der Waals surface area contributed by atoms with E-state index in [0.717, 1.165) is 4.31 Å². The maximum absolute atomic E-state index is 12.9. The van der Waals surface area contributed by atoms with E-state index in [-0.39, 0.29) is 15.6 Å². The monoisotopic (exact) mass is 530 g/mol. The molecular weight excluding hydrogens is 512 g/mol. The van der Waals surface area contributed by atoms with Gasteiger partial charge in [-0.3, -0.25) is 9.10 Å². The molecule has 0 aliphatic heterocycles. The predicted molar refractivity (Wildman–Crippen MR) is 132 cm³/mol. The molecule has 4 rings (SSSR count). The van der Waals surface area contributed by atoms with Crippen LogP contribution in [0, 0.1) is 0 Å². The van der Waals surface area contributed by atoms with Gasteiger partial charge >= 0.3 is 0 Å². The Kier molecular flexibility index (Phi) is 6.70. The Morgan fingerprint density at radius 2 is 1.40 bits per heavy atom. The van der Waals surface area contributed by atoms with Crippen molar-refractivity contribution >= 4 is 48.7 Å². The SMILES string of the molecule is CN(c1ccccc1)S(=O)(=O)c1ccc(NC(=O)c2ccc(S(=O)(=O)c3ccc(Cl)cc3)o2)cc1. The van der Waals surface area contributed by atoms with Crippen molar-refractivity contribution in [2.24, 2.45) is 0 Å². The fraction of sp³-hybridized carbons (Fsp3) is 0.0417. The van der Waals surface area contributed by atoms with Gasteiger partial charge < -0.3 is 9.73 Å². The van der Waals surface area contributed by atoms with E-state index in [1.54, 1.807) is 30.3 Å². The first-order valence-corrected chi connectivity index (χ1v) is 13.4. The Bertz CT molecular complexity index is 1570. The lowest BCUT2D eigenvalue weighted by Gasteiger charge is -2.19. The topological polar surface area (TPSA) is 114 Å².